The molecule has 9 nitrogen and oxygen atoms in total. The number of carboxylic acid groups (broad SMARTS) is 1. The fourth-order valence-corrected chi connectivity index (χ4v) is 5.08. The van der Waals surface area contributed by atoms with E-state index >= 15 is 0 Å². The van der Waals surface area contributed by atoms with Crippen LogP contribution in [0, 0.1) is 18.8 Å². The first kappa shape index (κ1) is 29.0. The summed E-state index contributed by atoms with van der Waals surface area (Å²) >= 11 is 0. The molecule has 1 fully saturated rings. The van der Waals surface area contributed by atoms with Crippen LogP contribution in [0.25, 0.3) is 0 Å². The first-order chi connectivity index (χ1) is 17.8. The van der Waals surface area contributed by atoms with Gasteiger partial charge in [-0.15, -0.1) is 4.36 Å². The molecule has 1 saturated heterocycles. The molecule has 0 saturated carbocycles. The summed E-state index contributed by atoms with van der Waals surface area (Å²) in [5, 5.41) is 11.7. The SMILES string of the molecule is Cc1c(C#CCN(C)C)cnc(N2CCCC(F)(F)CC2)c1C(=O)Nc1cccc(S(C)(=O)=NC(=O)O)c1. The highest BCUT2D eigenvalue weighted by atomic mass is 32.2. The lowest BCUT2D eigenvalue weighted by molar-refractivity contribution is -0.0102. The number of halogens is 2. The van der Waals surface area contributed by atoms with Crippen LogP contribution in [0.15, 0.2) is 39.7 Å². The van der Waals surface area contributed by atoms with E-state index in [2.05, 4.69) is 26.5 Å². The number of hydrogen-bond donors (Lipinski definition) is 2. The molecule has 0 spiro atoms. The van der Waals surface area contributed by atoms with E-state index in [0.717, 1.165) is 0 Å². The van der Waals surface area contributed by atoms with Crippen molar-refractivity contribution in [3.05, 3.63) is 47.2 Å². The lowest BCUT2D eigenvalue weighted by Crippen LogP contribution is -2.30. The average Bonchev–Trinajstić information content (AvgIpc) is 2.99. The second-order valence-electron chi connectivity index (χ2n) is 9.39. The summed E-state index contributed by atoms with van der Waals surface area (Å²) in [6.45, 7) is 2.58. The summed E-state index contributed by atoms with van der Waals surface area (Å²) in [6.07, 6.45) is 0.849. The molecular formula is C26H31F2N5O4S. The van der Waals surface area contributed by atoms with Gasteiger partial charge in [-0.05, 0) is 51.2 Å². The van der Waals surface area contributed by atoms with Crippen molar-refractivity contribution in [2.75, 3.05) is 50.2 Å². The molecule has 0 aliphatic carbocycles. The van der Waals surface area contributed by atoms with Crippen LogP contribution in [0.5, 0.6) is 0 Å². The van der Waals surface area contributed by atoms with Crippen LogP contribution in [-0.4, -0.2) is 77.1 Å². The molecule has 12 heteroatoms. The van der Waals surface area contributed by atoms with Gasteiger partial charge in [0.1, 0.15) is 5.82 Å². The first-order valence-electron chi connectivity index (χ1n) is 11.9. The molecule has 2 N–H and O–H groups in total. The van der Waals surface area contributed by atoms with Crippen LogP contribution in [-0.2, 0) is 9.73 Å². The highest BCUT2D eigenvalue weighted by molar-refractivity contribution is 7.93. The smallest absolute Gasteiger partial charge is 0.439 e. The van der Waals surface area contributed by atoms with Crippen molar-refractivity contribution in [3.63, 3.8) is 0 Å². The minimum atomic E-state index is -3.24. The summed E-state index contributed by atoms with van der Waals surface area (Å²) in [7, 11) is 0.512. The lowest BCUT2D eigenvalue weighted by atomic mass is 10.0. The quantitative estimate of drug-likeness (QED) is 0.536. The van der Waals surface area contributed by atoms with E-state index in [-0.39, 0.29) is 47.8 Å². The fraction of sp³-hybridized carbons (Fsp3) is 0.423. The molecular weight excluding hydrogens is 516 g/mol. The van der Waals surface area contributed by atoms with Crippen molar-refractivity contribution < 1.29 is 27.7 Å². The molecule has 1 aliphatic heterocycles. The van der Waals surface area contributed by atoms with Gasteiger partial charge in [0, 0.05) is 54.5 Å². The van der Waals surface area contributed by atoms with Gasteiger partial charge in [-0.3, -0.25) is 9.69 Å². The topological polar surface area (TPSA) is 115 Å². The van der Waals surface area contributed by atoms with Crippen molar-refractivity contribution in [2.24, 2.45) is 4.36 Å². The van der Waals surface area contributed by atoms with Crippen LogP contribution in [0.4, 0.5) is 25.1 Å². The summed E-state index contributed by atoms with van der Waals surface area (Å²) in [5.41, 5.74) is 1.54. The van der Waals surface area contributed by atoms with Crippen LogP contribution >= 0.6 is 0 Å². The summed E-state index contributed by atoms with van der Waals surface area (Å²) in [4.78, 5) is 32.8. The van der Waals surface area contributed by atoms with E-state index < -0.39 is 27.7 Å². The average molecular weight is 548 g/mol. The molecule has 38 heavy (non-hydrogen) atoms. The monoisotopic (exact) mass is 547 g/mol. The van der Waals surface area contributed by atoms with Crippen LogP contribution in [0.2, 0.25) is 0 Å². The molecule has 0 bridgehead atoms. The summed E-state index contributed by atoms with van der Waals surface area (Å²) in [6, 6.07) is 5.94. The zero-order valence-electron chi connectivity index (χ0n) is 21.8. The Morgan fingerprint density at radius 2 is 2.03 bits per heavy atom. The van der Waals surface area contributed by atoms with Crippen molar-refractivity contribution in [3.8, 4) is 11.8 Å². The van der Waals surface area contributed by atoms with Gasteiger partial charge < -0.3 is 15.3 Å². The number of benzene rings is 1. The maximum absolute atomic E-state index is 14.0. The Morgan fingerprint density at radius 3 is 2.71 bits per heavy atom. The third kappa shape index (κ3) is 7.49. The predicted octanol–water partition coefficient (Wildman–Crippen LogP) is 4.32. The third-order valence-corrected chi connectivity index (χ3v) is 7.60. The molecule has 1 atom stereocenters. The van der Waals surface area contributed by atoms with E-state index in [1.165, 1.54) is 24.5 Å². The Labute approximate surface area is 221 Å². The molecule has 0 radical (unpaired) electrons. The number of pyridine rings is 1. The van der Waals surface area contributed by atoms with Gasteiger partial charge in [0.15, 0.2) is 0 Å². The second kappa shape index (κ2) is 11.9. The molecule has 204 valence electrons. The molecule has 2 aromatic rings. The maximum atomic E-state index is 14.0. The largest absolute Gasteiger partial charge is 0.463 e. The number of anilines is 2. The van der Waals surface area contributed by atoms with Gasteiger partial charge in [-0.2, -0.15) is 0 Å². The van der Waals surface area contributed by atoms with Gasteiger partial charge >= 0.3 is 6.09 Å². The van der Waals surface area contributed by atoms with Crippen LogP contribution < -0.4 is 10.2 Å². The van der Waals surface area contributed by atoms with E-state index in [9.17, 15) is 22.6 Å². The molecule has 3 rings (SSSR count). The van der Waals surface area contributed by atoms with E-state index in [0.29, 0.717) is 24.2 Å². The summed E-state index contributed by atoms with van der Waals surface area (Å²) in [5.74, 6) is 3.00. The third-order valence-electron chi connectivity index (χ3n) is 5.96. The van der Waals surface area contributed by atoms with E-state index in [4.69, 9.17) is 5.11 Å². The Kier molecular flexibility index (Phi) is 9.06. The predicted molar refractivity (Wildman–Crippen MR) is 143 cm³/mol. The Morgan fingerprint density at radius 1 is 1.29 bits per heavy atom. The normalized spacial score (nSPS) is 16.6. The standard InChI is InChI=1S/C26H31F2N5O4S/c1-18-19(8-6-13-32(2)3)17-29-23(33-14-7-11-26(27,28)12-15-33)22(18)24(34)30-20-9-5-10-21(16-20)38(4,37)31-25(35)36/h5,9-10,16-17H,7,11-15H2,1-4H3,(H,30,34)(H,35,36). The molecule has 1 unspecified atom stereocenters. The Hall–Kier alpha value is -3.56. The highest BCUT2D eigenvalue weighted by Crippen LogP contribution is 2.32. The number of carbonyl (C=O) groups excluding carboxylic acids is 1. The van der Waals surface area contributed by atoms with Gasteiger partial charge in [0.05, 0.1) is 21.8 Å². The Bertz CT molecular complexity index is 1410. The molecule has 2 heterocycles. The highest BCUT2D eigenvalue weighted by Gasteiger charge is 2.33. The van der Waals surface area contributed by atoms with Gasteiger partial charge in [0.25, 0.3) is 5.91 Å². The van der Waals surface area contributed by atoms with Crippen LogP contribution in [0.3, 0.4) is 0 Å². The minimum absolute atomic E-state index is 0.0372. The molecule has 1 aliphatic rings. The van der Waals surface area contributed by atoms with E-state index in [1.54, 1.807) is 24.1 Å². The van der Waals surface area contributed by atoms with Crippen molar-refractivity contribution in [1.29, 1.82) is 0 Å². The number of carbonyl (C=O) groups is 2. The molecule has 1 aromatic carbocycles. The van der Waals surface area contributed by atoms with Crippen molar-refractivity contribution in [1.82, 2.24) is 9.88 Å². The number of nitrogens with one attached hydrogen (secondary N) is 1. The number of nitrogens with zero attached hydrogens (tertiary/aromatic N) is 4. The second-order valence-corrected chi connectivity index (χ2v) is 11.6. The van der Waals surface area contributed by atoms with Gasteiger partial charge in [-0.25, -0.2) is 22.8 Å². The van der Waals surface area contributed by atoms with Crippen molar-refractivity contribution >= 4 is 33.2 Å². The molecule has 1 aromatic heterocycles. The number of aromatic nitrogens is 1. The van der Waals surface area contributed by atoms with Crippen LogP contribution in [0.1, 0.15) is 40.7 Å². The summed E-state index contributed by atoms with van der Waals surface area (Å²) < 4.78 is 44.1. The zero-order valence-corrected chi connectivity index (χ0v) is 22.6. The van der Waals surface area contributed by atoms with E-state index in [1.807, 2.05) is 19.0 Å². The fourth-order valence-electron chi connectivity index (χ4n) is 4.00. The number of hydrogen-bond acceptors (Lipinski definition) is 6. The number of alkyl halides is 2. The minimum Gasteiger partial charge on any atom is -0.463 e. The Balaban J connectivity index is 2.03. The number of rotatable bonds is 5. The maximum Gasteiger partial charge on any atom is 0.439 e. The van der Waals surface area contributed by atoms with Gasteiger partial charge in [0.2, 0.25) is 5.92 Å². The first-order valence-corrected chi connectivity index (χ1v) is 13.8. The zero-order chi connectivity index (χ0) is 28.1. The van der Waals surface area contributed by atoms with Gasteiger partial charge in [-0.1, -0.05) is 17.9 Å². The number of amides is 2. The lowest BCUT2D eigenvalue weighted by Gasteiger charge is -2.25. The van der Waals surface area contributed by atoms with Crippen molar-refractivity contribution in [2.45, 2.75) is 37.0 Å². The molecule has 2 amide bonds.